The number of halogens is 1. The lowest BCUT2D eigenvalue weighted by Gasteiger charge is -2.37. The van der Waals surface area contributed by atoms with Crippen LogP contribution in [-0.2, 0) is 12.8 Å². The lowest BCUT2D eigenvalue weighted by Crippen LogP contribution is -2.43. The summed E-state index contributed by atoms with van der Waals surface area (Å²) in [6.45, 7) is 4.89. The highest BCUT2D eigenvalue weighted by atomic mass is 19.1. The quantitative estimate of drug-likeness (QED) is 0.652. The maximum atomic E-state index is 15.6. The minimum atomic E-state index is -1.36. The van der Waals surface area contributed by atoms with Gasteiger partial charge in [0.15, 0.2) is 0 Å². The number of carbonyl (C=O) groups excluding carboxylic acids is 1. The van der Waals surface area contributed by atoms with Crippen molar-refractivity contribution in [3.63, 3.8) is 0 Å². The average Bonchev–Trinajstić information content (AvgIpc) is 3.13. The highest BCUT2D eigenvalue weighted by Gasteiger charge is 2.36. The molecular weight excluding hydrogens is 399 g/mol. The molecule has 1 amide bonds. The molecule has 4 heterocycles. The van der Waals surface area contributed by atoms with Gasteiger partial charge in [-0.15, -0.1) is 0 Å². The lowest BCUT2D eigenvalue weighted by atomic mass is 9.88. The normalized spacial score (nSPS) is 15.9. The van der Waals surface area contributed by atoms with E-state index in [1.54, 1.807) is 29.9 Å². The van der Waals surface area contributed by atoms with Crippen molar-refractivity contribution < 1.29 is 9.18 Å². The number of H-pyrrole nitrogens is 1. The van der Waals surface area contributed by atoms with Crippen molar-refractivity contribution in [1.82, 2.24) is 24.9 Å². The second-order valence-corrected chi connectivity index (χ2v) is 8.12. The number of alkyl halides is 1. The van der Waals surface area contributed by atoms with Crippen LogP contribution in [0.3, 0.4) is 0 Å². The number of carbonyl (C=O) groups is 1. The minimum absolute atomic E-state index is 0.129. The topological polar surface area (TPSA) is 95.4 Å². The molecule has 0 aromatic carbocycles. The van der Waals surface area contributed by atoms with Crippen LogP contribution in [0.4, 0.5) is 10.1 Å². The molecule has 3 aromatic heterocycles. The van der Waals surface area contributed by atoms with Gasteiger partial charge in [-0.2, -0.15) is 5.10 Å². The molecule has 1 fully saturated rings. The van der Waals surface area contributed by atoms with Gasteiger partial charge in [-0.05, 0) is 38.3 Å². The fourth-order valence-electron chi connectivity index (χ4n) is 4.17. The van der Waals surface area contributed by atoms with Crippen molar-refractivity contribution in [3.8, 4) is 0 Å². The van der Waals surface area contributed by atoms with E-state index in [9.17, 15) is 9.59 Å². The fraction of sp³-hybridized carbons (Fsp3) is 0.455. The number of rotatable bonds is 5. The van der Waals surface area contributed by atoms with E-state index < -0.39 is 5.67 Å². The summed E-state index contributed by atoms with van der Waals surface area (Å²) < 4.78 is 17.2. The summed E-state index contributed by atoms with van der Waals surface area (Å²) in [6.07, 6.45) is 3.27. The molecule has 3 aromatic rings. The smallest absolute Gasteiger partial charge is 0.269 e. The van der Waals surface area contributed by atoms with E-state index in [-0.39, 0.29) is 17.9 Å². The van der Waals surface area contributed by atoms with Crippen molar-refractivity contribution in [2.45, 2.75) is 45.2 Å². The van der Waals surface area contributed by atoms with Crippen LogP contribution < -0.4 is 15.8 Å². The second-order valence-electron chi connectivity index (χ2n) is 8.12. The number of anilines is 1. The van der Waals surface area contributed by atoms with Gasteiger partial charge in [0, 0.05) is 44.4 Å². The first kappa shape index (κ1) is 21.0. The summed E-state index contributed by atoms with van der Waals surface area (Å²) in [5.41, 5.74) is 2.43. The molecule has 0 saturated carbocycles. The van der Waals surface area contributed by atoms with Gasteiger partial charge in [0.1, 0.15) is 17.0 Å². The molecule has 164 valence electrons. The van der Waals surface area contributed by atoms with E-state index in [1.165, 1.54) is 0 Å². The van der Waals surface area contributed by atoms with Crippen LogP contribution in [0.25, 0.3) is 5.65 Å². The van der Waals surface area contributed by atoms with Gasteiger partial charge in [0.2, 0.25) is 0 Å². The molecule has 0 unspecified atom stereocenters. The molecule has 0 spiro atoms. The van der Waals surface area contributed by atoms with Crippen LogP contribution in [0.15, 0.2) is 29.2 Å². The Bertz CT molecular complexity index is 1180. The van der Waals surface area contributed by atoms with E-state index in [4.69, 9.17) is 0 Å². The number of pyridine rings is 1. The number of nitrogens with zero attached hydrogens (tertiary/aromatic N) is 4. The van der Waals surface area contributed by atoms with Crippen LogP contribution in [0.1, 0.15) is 47.2 Å². The summed E-state index contributed by atoms with van der Waals surface area (Å²) in [5.74, 6) is -0.226. The third-order valence-corrected chi connectivity index (χ3v) is 5.99. The SMILES string of the molecule is CCc1cn2nc(CC3(F)CCN(c4ccc(C(=O)NC)nc4C)CC3)cc2[nH]c1=O. The molecule has 1 saturated heterocycles. The van der Waals surface area contributed by atoms with Gasteiger partial charge in [0.25, 0.3) is 11.5 Å². The number of amides is 1. The van der Waals surface area contributed by atoms with Gasteiger partial charge >= 0.3 is 0 Å². The molecule has 8 nitrogen and oxygen atoms in total. The fourth-order valence-corrected chi connectivity index (χ4v) is 4.17. The number of nitrogens with one attached hydrogen (secondary N) is 2. The molecular formula is C22H27FN6O2. The lowest BCUT2D eigenvalue weighted by molar-refractivity contribution is 0.0958. The monoisotopic (exact) mass is 426 g/mol. The van der Waals surface area contributed by atoms with Gasteiger partial charge in [-0.1, -0.05) is 6.92 Å². The zero-order valence-electron chi connectivity index (χ0n) is 18.0. The Labute approximate surface area is 179 Å². The van der Waals surface area contributed by atoms with Crippen molar-refractivity contribution in [3.05, 3.63) is 57.4 Å². The highest BCUT2D eigenvalue weighted by molar-refractivity contribution is 5.92. The Hall–Kier alpha value is -3.23. The Balaban J connectivity index is 1.46. The first-order valence-electron chi connectivity index (χ1n) is 10.6. The second kappa shape index (κ2) is 8.13. The van der Waals surface area contributed by atoms with E-state index in [2.05, 4.69) is 25.3 Å². The largest absolute Gasteiger partial charge is 0.370 e. The number of aromatic nitrogens is 4. The van der Waals surface area contributed by atoms with Crippen LogP contribution in [-0.4, -0.2) is 51.3 Å². The Morgan fingerprint density at radius 2 is 2.06 bits per heavy atom. The highest BCUT2D eigenvalue weighted by Crippen LogP contribution is 2.33. The number of piperidine rings is 1. The number of aromatic amines is 1. The van der Waals surface area contributed by atoms with Gasteiger partial charge in [-0.25, -0.2) is 13.9 Å². The average molecular weight is 426 g/mol. The summed E-state index contributed by atoms with van der Waals surface area (Å²) in [6, 6.07) is 5.32. The molecule has 0 aliphatic carbocycles. The van der Waals surface area contributed by atoms with Gasteiger partial charge < -0.3 is 15.2 Å². The summed E-state index contributed by atoms with van der Waals surface area (Å²) in [4.78, 5) is 33.1. The van der Waals surface area contributed by atoms with Crippen molar-refractivity contribution in [1.29, 1.82) is 0 Å². The third-order valence-electron chi connectivity index (χ3n) is 5.99. The third kappa shape index (κ3) is 4.17. The first-order valence-corrected chi connectivity index (χ1v) is 10.6. The molecule has 1 aliphatic rings. The summed E-state index contributed by atoms with van der Waals surface area (Å²) in [7, 11) is 1.57. The predicted molar refractivity (Wildman–Crippen MR) is 117 cm³/mol. The molecule has 0 radical (unpaired) electrons. The van der Waals surface area contributed by atoms with E-state index >= 15 is 4.39 Å². The Kier molecular flexibility index (Phi) is 5.51. The Morgan fingerprint density at radius 1 is 1.32 bits per heavy atom. The van der Waals surface area contributed by atoms with Crippen LogP contribution in [0, 0.1) is 6.92 Å². The van der Waals surface area contributed by atoms with Crippen LogP contribution in [0.2, 0.25) is 0 Å². The van der Waals surface area contributed by atoms with E-state index in [0.29, 0.717) is 55.0 Å². The zero-order chi connectivity index (χ0) is 22.2. The van der Waals surface area contributed by atoms with Gasteiger partial charge in [0.05, 0.1) is 17.1 Å². The number of aryl methyl sites for hydroxylation is 2. The maximum absolute atomic E-state index is 15.6. The maximum Gasteiger partial charge on any atom is 0.269 e. The molecule has 4 rings (SSSR count). The molecule has 2 N–H and O–H groups in total. The summed E-state index contributed by atoms with van der Waals surface area (Å²) >= 11 is 0. The predicted octanol–water partition coefficient (Wildman–Crippen LogP) is 2.20. The minimum Gasteiger partial charge on any atom is -0.370 e. The standard InChI is InChI=1S/C22H27FN6O2/c1-4-15-13-29-19(26-20(15)30)11-16(27-29)12-22(23)7-9-28(10-8-22)18-6-5-17(21(31)24-3)25-14(18)2/h5-6,11,13H,4,7-10,12H2,1-3H3,(H,24,31)(H,26,30). The van der Waals surface area contributed by atoms with Crippen LogP contribution in [0.5, 0.6) is 0 Å². The number of fused-ring (bicyclic) bond motifs is 1. The van der Waals surface area contributed by atoms with Gasteiger partial charge in [-0.3, -0.25) is 9.59 Å². The van der Waals surface area contributed by atoms with E-state index in [0.717, 1.165) is 11.4 Å². The van der Waals surface area contributed by atoms with Crippen LogP contribution >= 0.6 is 0 Å². The van der Waals surface area contributed by atoms with Crippen molar-refractivity contribution in [2.24, 2.45) is 0 Å². The zero-order valence-corrected chi connectivity index (χ0v) is 18.0. The Morgan fingerprint density at radius 3 is 2.71 bits per heavy atom. The van der Waals surface area contributed by atoms with Crippen molar-refractivity contribution >= 4 is 17.2 Å². The number of hydrogen-bond donors (Lipinski definition) is 2. The van der Waals surface area contributed by atoms with E-state index in [1.807, 2.05) is 19.9 Å². The molecule has 9 heteroatoms. The summed E-state index contributed by atoms with van der Waals surface area (Å²) in [5, 5.41) is 7.04. The molecule has 0 atom stereocenters. The molecule has 0 bridgehead atoms. The molecule has 31 heavy (non-hydrogen) atoms. The number of hydrogen-bond acceptors (Lipinski definition) is 5. The molecule has 1 aliphatic heterocycles. The van der Waals surface area contributed by atoms with Crippen molar-refractivity contribution in [2.75, 3.05) is 25.0 Å². The first-order chi connectivity index (χ1) is 14.8.